The van der Waals surface area contributed by atoms with Crippen LogP contribution in [0.5, 0.6) is 0 Å². The van der Waals surface area contributed by atoms with Crippen molar-refractivity contribution in [3.05, 3.63) is 0 Å². The van der Waals surface area contributed by atoms with Gasteiger partial charge in [-0.3, -0.25) is 4.79 Å². The van der Waals surface area contributed by atoms with E-state index < -0.39 is 27.8 Å². The molecule has 0 aromatic carbocycles. The van der Waals surface area contributed by atoms with Gasteiger partial charge in [-0.1, -0.05) is 13.8 Å². The van der Waals surface area contributed by atoms with Gasteiger partial charge < -0.3 is 5.11 Å². The Morgan fingerprint density at radius 1 is 1.40 bits per heavy atom. The zero-order valence-electron chi connectivity index (χ0n) is 8.28. The Morgan fingerprint density at radius 2 is 1.87 bits per heavy atom. The van der Waals surface area contributed by atoms with Gasteiger partial charge in [-0.2, -0.15) is 13.5 Å². The van der Waals surface area contributed by atoms with E-state index in [4.69, 9.17) is 5.11 Å². The number of aliphatic carboxylic acids is 1. The van der Waals surface area contributed by atoms with Gasteiger partial charge in [0, 0.05) is 0 Å². The first-order valence-corrected chi connectivity index (χ1v) is 5.73. The molecule has 1 unspecified atom stereocenters. The minimum Gasteiger partial charge on any atom is -0.480 e. The molecule has 0 bridgehead atoms. The van der Waals surface area contributed by atoms with Crippen LogP contribution in [-0.4, -0.2) is 31.3 Å². The van der Waals surface area contributed by atoms with Crippen LogP contribution in [0.25, 0.3) is 0 Å². The van der Waals surface area contributed by atoms with Crippen LogP contribution in [0.4, 0.5) is 8.78 Å². The van der Waals surface area contributed by atoms with Crippen molar-refractivity contribution in [3.63, 3.8) is 0 Å². The van der Waals surface area contributed by atoms with Crippen molar-refractivity contribution in [1.29, 1.82) is 0 Å². The highest BCUT2D eigenvalue weighted by atomic mass is 32.2. The minimum atomic E-state index is -4.85. The maximum absolute atomic E-state index is 11.9. The Morgan fingerprint density at radius 3 is 2.13 bits per heavy atom. The summed E-state index contributed by atoms with van der Waals surface area (Å²) in [5, 5.41) is 8.60. The van der Waals surface area contributed by atoms with E-state index in [1.807, 2.05) is 0 Å². The number of alkyl halides is 2. The summed E-state index contributed by atoms with van der Waals surface area (Å²) in [5.74, 6) is -5.20. The fourth-order valence-electron chi connectivity index (χ4n) is 0.920. The number of carbonyl (C=O) groups is 1. The van der Waals surface area contributed by atoms with Crippen molar-refractivity contribution in [3.8, 4) is 0 Å². The zero-order chi connectivity index (χ0) is 12.2. The van der Waals surface area contributed by atoms with Crippen molar-refractivity contribution in [2.45, 2.75) is 32.1 Å². The summed E-state index contributed by atoms with van der Waals surface area (Å²) >= 11 is 0. The number of carboxylic acid groups (broad SMARTS) is 1. The normalized spacial score (nSPS) is 14.5. The van der Waals surface area contributed by atoms with Gasteiger partial charge in [0.1, 0.15) is 6.04 Å². The first-order chi connectivity index (χ1) is 6.66. The van der Waals surface area contributed by atoms with E-state index >= 15 is 0 Å². The highest BCUT2D eigenvalue weighted by Crippen LogP contribution is 2.09. The van der Waals surface area contributed by atoms with Gasteiger partial charge in [0.05, 0.1) is 0 Å². The fourth-order valence-corrected chi connectivity index (χ4v) is 1.62. The molecule has 2 N–H and O–H groups in total. The third-order valence-corrected chi connectivity index (χ3v) is 2.63. The monoisotopic (exact) mass is 245 g/mol. The summed E-state index contributed by atoms with van der Waals surface area (Å²) < 4.78 is 46.7. The maximum Gasteiger partial charge on any atom is 0.350 e. The van der Waals surface area contributed by atoms with Crippen LogP contribution < -0.4 is 4.72 Å². The number of rotatable bonds is 6. The Kier molecular flexibility index (Phi) is 5.09. The van der Waals surface area contributed by atoms with Crippen molar-refractivity contribution in [1.82, 2.24) is 4.72 Å². The van der Waals surface area contributed by atoms with E-state index in [9.17, 15) is 22.0 Å². The minimum absolute atomic E-state index is 0.0404. The van der Waals surface area contributed by atoms with Crippen molar-refractivity contribution < 1.29 is 27.1 Å². The molecule has 1 atom stereocenters. The van der Waals surface area contributed by atoms with E-state index in [0.717, 1.165) is 0 Å². The molecule has 90 valence electrons. The van der Waals surface area contributed by atoms with Gasteiger partial charge in [-0.05, 0) is 12.3 Å². The predicted octanol–water partition coefficient (Wildman–Crippen LogP) is 0.628. The molecule has 0 rings (SSSR count). The lowest BCUT2D eigenvalue weighted by Gasteiger charge is -2.15. The lowest BCUT2D eigenvalue weighted by molar-refractivity contribution is -0.139. The summed E-state index contributed by atoms with van der Waals surface area (Å²) in [6.45, 7) is 3.32. The first-order valence-electron chi connectivity index (χ1n) is 4.19. The number of nitrogens with one attached hydrogen (secondary N) is 1. The molecule has 0 aromatic rings. The fraction of sp³-hybridized carbons (Fsp3) is 0.857. The molecule has 0 fully saturated rings. The maximum atomic E-state index is 11.9. The predicted molar refractivity (Wildman–Crippen MR) is 48.9 cm³/mol. The molecular formula is C7H13F2NO4S. The molecule has 15 heavy (non-hydrogen) atoms. The summed E-state index contributed by atoms with van der Waals surface area (Å²) in [4.78, 5) is 10.6. The van der Waals surface area contributed by atoms with E-state index in [0.29, 0.717) is 0 Å². The molecular weight excluding hydrogens is 232 g/mol. The van der Waals surface area contributed by atoms with E-state index in [2.05, 4.69) is 0 Å². The highest BCUT2D eigenvalue weighted by Gasteiger charge is 2.30. The SMILES string of the molecule is CC(C)CC(NS(=O)(=O)C(F)F)C(=O)O. The standard InChI is InChI=1S/C7H13F2NO4S/c1-4(2)3-5(6(11)12)10-15(13,14)7(8)9/h4-5,7,10H,3H2,1-2H3,(H,11,12). The third-order valence-electron chi connectivity index (χ3n) is 1.55. The Bertz CT molecular complexity index is 315. The average molecular weight is 245 g/mol. The Balaban J connectivity index is 4.63. The van der Waals surface area contributed by atoms with E-state index in [1.165, 1.54) is 4.72 Å². The average Bonchev–Trinajstić information content (AvgIpc) is 2.01. The molecule has 0 aromatic heterocycles. The number of halogens is 2. The van der Waals surface area contributed by atoms with Crippen LogP contribution in [-0.2, 0) is 14.8 Å². The number of hydrogen-bond acceptors (Lipinski definition) is 3. The quantitative estimate of drug-likeness (QED) is 0.718. The molecule has 0 heterocycles. The lowest BCUT2D eigenvalue weighted by Crippen LogP contribution is -2.43. The second kappa shape index (κ2) is 5.36. The van der Waals surface area contributed by atoms with E-state index in [1.54, 1.807) is 13.8 Å². The third kappa shape index (κ3) is 5.03. The van der Waals surface area contributed by atoms with Gasteiger partial charge in [0.25, 0.3) is 10.0 Å². The number of carboxylic acids is 1. The van der Waals surface area contributed by atoms with Gasteiger partial charge in [0.15, 0.2) is 0 Å². The number of hydrogen-bond donors (Lipinski definition) is 2. The van der Waals surface area contributed by atoms with Gasteiger partial charge >= 0.3 is 11.7 Å². The van der Waals surface area contributed by atoms with Crippen molar-refractivity contribution in [2.24, 2.45) is 5.92 Å². The Labute approximate surface area is 86.5 Å². The van der Waals surface area contributed by atoms with Crippen LogP contribution in [0.2, 0.25) is 0 Å². The first kappa shape index (κ1) is 14.2. The highest BCUT2D eigenvalue weighted by molar-refractivity contribution is 7.89. The molecule has 0 radical (unpaired) electrons. The molecule has 0 aliphatic carbocycles. The molecule has 0 amide bonds. The van der Waals surface area contributed by atoms with Crippen LogP contribution in [0.15, 0.2) is 0 Å². The van der Waals surface area contributed by atoms with Gasteiger partial charge in [-0.25, -0.2) is 8.42 Å². The second-order valence-electron chi connectivity index (χ2n) is 3.44. The molecule has 5 nitrogen and oxygen atoms in total. The van der Waals surface area contributed by atoms with E-state index in [-0.39, 0.29) is 12.3 Å². The van der Waals surface area contributed by atoms with Crippen LogP contribution in [0.3, 0.4) is 0 Å². The second-order valence-corrected chi connectivity index (χ2v) is 5.13. The molecule has 0 aliphatic heterocycles. The Hall–Kier alpha value is -0.760. The lowest BCUT2D eigenvalue weighted by atomic mass is 10.1. The molecule has 0 saturated carbocycles. The van der Waals surface area contributed by atoms with Crippen molar-refractivity contribution in [2.75, 3.05) is 0 Å². The topological polar surface area (TPSA) is 83.5 Å². The van der Waals surface area contributed by atoms with Gasteiger partial charge in [-0.15, -0.1) is 0 Å². The zero-order valence-corrected chi connectivity index (χ0v) is 9.09. The molecule has 0 saturated heterocycles. The molecule has 0 aliphatic rings. The van der Waals surface area contributed by atoms with Crippen LogP contribution in [0.1, 0.15) is 20.3 Å². The van der Waals surface area contributed by atoms with Crippen molar-refractivity contribution >= 4 is 16.0 Å². The molecule has 8 heteroatoms. The largest absolute Gasteiger partial charge is 0.480 e. The summed E-state index contributed by atoms with van der Waals surface area (Å²) in [7, 11) is -4.85. The smallest absolute Gasteiger partial charge is 0.350 e. The number of sulfonamides is 1. The molecule has 0 spiro atoms. The summed E-state index contributed by atoms with van der Waals surface area (Å²) in [5.41, 5.74) is 0. The van der Waals surface area contributed by atoms with Gasteiger partial charge in [0.2, 0.25) is 0 Å². The summed E-state index contributed by atoms with van der Waals surface area (Å²) in [6, 6.07) is -1.51. The van der Waals surface area contributed by atoms with Crippen LogP contribution in [0, 0.1) is 5.92 Å². The summed E-state index contributed by atoms with van der Waals surface area (Å²) in [6.07, 6.45) is -0.0404. The van der Waals surface area contributed by atoms with Crippen LogP contribution >= 0.6 is 0 Å².